The van der Waals surface area contributed by atoms with Crippen LogP contribution in [-0.2, 0) is 22.7 Å². The van der Waals surface area contributed by atoms with Crippen molar-refractivity contribution in [1.82, 2.24) is 10.2 Å². The van der Waals surface area contributed by atoms with E-state index in [1.54, 1.807) is 11.0 Å². The Kier molecular flexibility index (Phi) is 5.67. The third-order valence-corrected chi connectivity index (χ3v) is 5.40. The van der Waals surface area contributed by atoms with E-state index in [0.29, 0.717) is 38.2 Å². The number of anilines is 1. The summed E-state index contributed by atoms with van der Waals surface area (Å²) in [6.45, 7) is 1.85. The second-order valence-corrected chi connectivity index (χ2v) is 7.36. The molecule has 1 fully saturated rings. The van der Waals surface area contributed by atoms with Crippen molar-refractivity contribution in [1.29, 1.82) is 0 Å². The number of nitrogens with one attached hydrogen (secondary N) is 2. The van der Waals surface area contributed by atoms with Gasteiger partial charge in [0.05, 0.1) is 0 Å². The van der Waals surface area contributed by atoms with Crippen molar-refractivity contribution in [3.05, 3.63) is 59.2 Å². The number of hydrogen-bond acceptors (Lipinski definition) is 6. The highest BCUT2D eigenvalue weighted by Crippen LogP contribution is 2.30. The molecular weight excluding hydrogens is 384 g/mol. The molecule has 0 aromatic heterocycles. The fourth-order valence-electron chi connectivity index (χ4n) is 3.86. The Morgan fingerprint density at radius 3 is 2.67 bits per heavy atom. The zero-order valence-corrected chi connectivity index (χ0v) is 16.5. The lowest BCUT2D eigenvalue weighted by atomic mass is 10.0. The lowest BCUT2D eigenvalue weighted by molar-refractivity contribution is -0.136. The van der Waals surface area contributed by atoms with Crippen molar-refractivity contribution in [2.45, 2.75) is 32.0 Å². The van der Waals surface area contributed by atoms with Gasteiger partial charge in [-0.25, -0.2) is 0 Å². The predicted octanol–water partition coefficient (Wildman–Crippen LogP) is 1.40. The number of carbonyl (C=O) groups excluding carboxylic acids is 3. The average Bonchev–Trinajstić information content (AvgIpc) is 3.08. The standard InChI is InChI=1S/C22H24N4O4/c23-10-11-30-16-6-4-15(5-7-16)24-12-14-2-1-3-17-18(14)13-26(22(17)29)19-8-9-20(27)25-21(19)28/h1-7,19,24H,8-13,23H2,(H,25,27,28). The summed E-state index contributed by atoms with van der Waals surface area (Å²) >= 11 is 0. The minimum atomic E-state index is -0.607. The smallest absolute Gasteiger partial charge is 0.255 e. The molecule has 4 rings (SSSR count). The van der Waals surface area contributed by atoms with Crippen LogP contribution in [0.2, 0.25) is 0 Å². The number of nitrogens with zero attached hydrogens (tertiary/aromatic N) is 1. The van der Waals surface area contributed by atoms with E-state index in [1.165, 1.54) is 0 Å². The summed E-state index contributed by atoms with van der Waals surface area (Å²) in [6.07, 6.45) is 0.604. The molecule has 1 saturated heterocycles. The summed E-state index contributed by atoms with van der Waals surface area (Å²) < 4.78 is 5.48. The molecule has 2 aromatic carbocycles. The van der Waals surface area contributed by atoms with E-state index in [9.17, 15) is 14.4 Å². The first-order valence-electron chi connectivity index (χ1n) is 9.99. The van der Waals surface area contributed by atoms with Crippen molar-refractivity contribution < 1.29 is 19.1 Å². The van der Waals surface area contributed by atoms with Gasteiger partial charge in [0.25, 0.3) is 5.91 Å². The van der Waals surface area contributed by atoms with Gasteiger partial charge in [0, 0.05) is 37.3 Å². The first kappa shape index (κ1) is 19.9. The summed E-state index contributed by atoms with van der Waals surface area (Å²) in [5.74, 6) is -0.0893. The van der Waals surface area contributed by atoms with Gasteiger partial charge in [0.1, 0.15) is 18.4 Å². The topological polar surface area (TPSA) is 114 Å². The van der Waals surface area contributed by atoms with Crippen LogP contribution in [0.1, 0.15) is 34.3 Å². The van der Waals surface area contributed by atoms with Gasteiger partial charge >= 0.3 is 0 Å². The normalized spacial score (nSPS) is 18.2. The van der Waals surface area contributed by atoms with Crippen LogP contribution >= 0.6 is 0 Å². The monoisotopic (exact) mass is 408 g/mol. The number of carbonyl (C=O) groups is 3. The summed E-state index contributed by atoms with van der Waals surface area (Å²) in [5, 5.41) is 5.69. The molecule has 2 heterocycles. The van der Waals surface area contributed by atoms with Gasteiger partial charge in [0.15, 0.2) is 0 Å². The second-order valence-electron chi connectivity index (χ2n) is 7.36. The molecule has 30 heavy (non-hydrogen) atoms. The predicted molar refractivity (Wildman–Crippen MR) is 111 cm³/mol. The summed E-state index contributed by atoms with van der Waals surface area (Å²) in [4.78, 5) is 38.1. The van der Waals surface area contributed by atoms with Crippen molar-refractivity contribution >= 4 is 23.4 Å². The summed E-state index contributed by atoms with van der Waals surface area (Å²) in [5.41, 5.74) is 8.91. The molecule has 0 bridgehead atoms. The number of fused-ring (bicyclic) bond motifs is 1. The third-order valence-electron chi connectivity index (χ3n) is 5.40. The lowest BCUT2D eigenvalue weighted by Gasteiger charge is -2.29. The maximum absolute atomic E-state index is 12.9. The summed E-state index contributed by atoms with van der Waals surface area (Å²) in [6, 6.07) is 12.6. The number of ether oxygens (including phenoxy) is 1. The highest BCUT2D eigenvalue weighted by atomic mass is 16.5. The first-order chi connectivity index (χ1) is 14.6. The van der Waals surface area contributed by atoms with Crippen LogP contribution < -0.4 is 21.1 Å². The number of benzene rings is 2. The van der Waals surface area contributed by atoms with E-state index in [0.717, 1.165) is 22.6 Å². The maximum atomic E-state index is 12.9. The van der Waals surface area contributed by atoms with E-state index in [1.807, 2.05) is 36.4 Å². The first-order valence-corrected chi connectivity index (χ1v) is 9.99. The number of hydrogen-bond donors (Lipinski definition) is 3. The molecule has 0 spiro atoms. The Morgan fingerprint density at radius 2 is 1.93 bits per heavy atom. The Hall–Kier alpha value is -3.39. The third kappa shape index (κ3) is 3.99. The number of amides is 3. The number of imide groups is 1. The van der Waals surface area contributed by atoms with Crippen LogP contribution in [0.15, 0.2) is 42.5 Å². The van der Waals surface area contributed by atoms with Gasteiger partial charge in [-0.05, 0) is 47.9 Å². The minimum absolute atomic E-state index is 0.164. The van der Waals surface area contributed by atoms with Crippen LogP contribution in [0.3, 0.4) is 0 Å². The van der Waals surface area contributed by atoms with E-state index in [4.69, 9.17) is 10.5 Å². The van der Waals surface area contributed by atoms with Crippen LogP contribution in [0.5, 0.6) is 5.75 Å². The highest BCUT2D eigenvalue weighted by Gasteiger charge is 2.39. The van der Waals surface area contributed by atoms with Gasteiger partial charge < -0.3 is 20.7 Å². The quantitative estimate of drug-likeness (QED) is 0.597. The van der Waals surface area contributed by atoms with Gasteiger partial charge in [-0.15, -0.1) is 0 Å². The van der Waals surface area contributed by atoms with E-state index in [-0.39, 0.29) is 18.2 Å². The lowest BCUT2D eigenvalue weighted by Crippen LogP contribution is -2.52. The number of rotatable bonds is 7. The molecule has 1 atom stereocenters. The molecule has 156 valence electrons. The molecule has 3 amide bonds. The van der Waals surface area contributed by atoms with Crippen LogP contribution in [0.25, 0.3) is 0 Å². The van der Waals surface area contributed by atoms with Crippen molar-refractivity contribution in [2.24, 2.45) is 5.73 Å². The van der Waals surface area contributed by atoms with Gasteiger partial charge in [0.2, 0.25) is 11.8 Å². The molecular formula is C22H24N4O4. The van der Waals surface area contributed by atoms with Crippen molar-refractivity contribution in [3.8, 4) is 5.75 Å². The van der Waals surface area contributed by atoms with Crippen molar-refractivity contribution in [2.75, 3.05) is 18.5 Å². The number of nitrogens with two attached hydrogens (primary N) is 1. The molecule has 0 saturated carbocycles. The van der Waals surface area contributed by atoms with Crippen LogP contribution in [-0.4, -0.2) is 41.8 Å². The highest BCUT2D eigenvalue weighted by molar-refractivity contribution is 6.05. The zero-order valence-electron chi connectivity index (χ0n) is 16.5. The van der Waals surface area contributed by atoms with E-state index >= 15 is 0 Å². The minimum Gasteiger partial charge on any atom is -0.492 e. The van der Waals surface area contributed by atoms with E-state index in [2.05, 4.69) is 10.6 Å². The van der Waals surface area contributed by atoms with Gasteiger partial charge in [-0.2, -0.15) is 0 Å². The maximum Gasteiger partial charge on any atom is 0.255 e. The zero-order chi connectivity index (χ0) is 21.1. The van der Waals surface area contributed by atoms with Crippen LogP contribution in [0, 0.1) is 0 Å². The molecule has 8 nitrogen and oxygen atoms in total. The second kappa shape index (κ2) is 8.54. The van der Waals surface area contributed by atoms with Gasteiger partial charge in [-0.1, -0.05) is 12.1 Å². The van der Waals surface area contributed by atoms with E-state index < -0.39 is 11.9 Å². The fourth-order valence-corrected chi connectivity index (χ4v) is 3.86. The SMILES string of the molecule is NCCOc1ccc(NCc2cccc3c2CN(C2CCC(=O)NC2=O)C3=O)cc1. The molecule has 2 aliphatic rings. The van der Waals surface area contributed by atoms with Crippen molar-refractivity contribution in [3.63, 3.8) is 0 Å². The molecule has 1 unspecified atom stereocenters. The Labute approximate surface area is 174 Å². The largest absolute Gasteiger partial charge is 0.492 e. The number of piperidine rings is 1. The van der Waals surface area contributed by atoms with Crippen LogP contribution in [0.4, 0.5) is 5.69 Å². The fraction of sp³-hybridized carbons (Fsp3) is 0.318. The molecule has 2 aromatic rings. The Bertz CT molecular complexity index is 974. The molecule has 2 aliphatic heterocycles. The molecule has 0 aliphatic carbocycles. The Morgan fingerprint density at radius 1 is 1.13 bits per heavy atom. The molecule has 0 radical (unpaired) electrons. The molecule has 4 N–H and O–H groups in total. The summed E-state index contributed by atoms with van der Waals surface area (Å²) in [7, 11) is 0. The van der Waals surface area contributed by atoms with Gasteiger partial charge in [-0.3, -0.25) is 19.7 Å². The molecule has 8 heteroatoms. The Balaban J connectivity index is 1.45. The average molecular weight is 408 g/mol.